The van der Waals surface area contributed by atoms with Crippen LogP contribution >= 0.6 is 0 Å². The lowest BCUT2D eigenvalue weighted by Gasteiger charge is -2.22. The third kappa shape index (κ3) is 3.18. The molecule has 4 nitrogen and oxygen atoms in total. The van der Waals surface area contributed by atoms with Crippen LogP contribution in [0.3, 0.4) is 0 Å². The van der Waals surface area contributed by atoms with E-state index in [1.54, 1.807) is 18.7 Å². The van der Waals surface area contributed by atoms with E-state index in [2.05, 4.69) is 0 Å². The predicted molar refractivity (Wildman–Crippen MR) is 75.8 cm³/mol. The highest BCUT2D eigenvalue weighted by molar-refractivity contribution is 7.92. The number of benzene rings is 1. The molecule has 2 rings (SSSR count). The number of hydrogen-bond donors (Lipinski definition) is 1. The highest BCUT2D eigenvalue weighted by atomic mass is 32.2. The molecule has 21 heavy (non-hydrogen) atoms. The number of rotatable bonds is 2. The van der Waals surface area contributed by atoms with Gasteiger partial charge in [-0.15, -0.1) is 0 Å². The molecular weight excluding hydrogens is 300 g/mol. The molecule has 0 aromatic heterocycles. The summed E-state index contributed by atoms with van der Waals surface area (Å²) in [7, 11) is -3.23. The summed E-state index contributed by atoms with van der Waals surface area (Å²) < 4.78 is 50.8. The van der Waals surface area contributed by atoms with Gasteiger partial charge >= 0.3 is 0 Å². The van der Waals surface area contributed by atoms with Crippen LogP contribution in [-0.4, -0.2) is 42.0 Å². The monoisotopic (exact) mass is 319 g/mol. The van der Waals surface area contributed by atoms with Crippen LogP contribution in [0.25, 0.3) is 0 Å². The largest absolute Gasteiger partial charge is 0.505 e. The van der Waals surface area contributed by atoms with Gasteiger partial charge in [0.25, 0.3) is 0 Å². The van der Waals surface area contributed by atoms with Crippen molar-refractivity contribution in [1.29, 1.82) is 0 Å². The molecule has 0 spiro atoms. The molecule has 0 saturated carbocycles. The van der Waals surface area contributed by atoms with E-state index >= 15 is 0 Å². The first-order valence-electron chi connectivity index (χ1n) is 6.74. The zero-order valence-electron chi connectivity index (χ0n) is 12.1. The van der Waals surface area contributed by atoms with E-state index in [0.29, 0.717) is 13.0 Å². The summed E-state index contributed by atoms with van der Waals surface area (Å²) in [6.45, 7) is 3.93. The zero-order valence-corrected chi connectivity index (χ0v) is 12.9. The van der Waals surface area contributed by atoms with Crippen molar-refractivity contribution in [3.63, 3.8) is 0 Å². The molecule has 1 aromatic carbocycles. The fourth-order valence-electron chi connectivity index (χ4n) is 2.33. The number of phenols is 1. The minimum Gasteiger partial charge on any atom is -0.505 e. The maximum Gasteiger partial charge on any atom is 0.172 e. The molecule has 0 atom stereocenters. The molecule has 1 N–H and O–H groups in total. The number of halogens is 2. The van der Waals surface area contributed by atoms with Crippen molar-refractivity contribution in [2.45, 2.75) is 31.6 Å². The third-order valence-electron chi connectivity index (χ3n) is 4.10. The van der Waals surface area contributed by atoms with Crippen molar-refractivity contribution in [2.24, 2.45) is 0 Å². The second kappa shape index (κ2) is 5.53. The van der Waals surface area contributed by atoms with E-state index < -0.39 is 32.0 Å². The van der Waals surface area contributed by atoms with E-state index in [-0.39, 0.29) is 24.4 Å². The summed E-state index contributed by atoms with van der Waals surface area (Å²) in [5.74, 6) is -2.37. The molecule has 0 aliphatic carbocycles. The quantitative estimate of drug-likeness (QED) is 0.907. The molecule has 1 saturated heterocycles. The first-order valence-corrected chi connectivity index (χ1v) is 8.40. The molecule has 1 aliphatic rings. The minimum absolute atomic E-state index is 0.0396. The number of sulfone groups is 1. The van der Waals surface area contributed by atoms with Gasteiger partial charge in [-0.3, -0.25) is 4.90 Å². The standard InChI is InChI=1S/C14H19F2NO3S/c1-14(2)5-6-17(7-8-21(14,19)20)9-10-11(15)3-4-12(18)13(10)16/h3-4,18H,5-9H2,1-2H3. The molecule has 1 fully saturated rings. The van der Waals surface area contributed by atoms with Crippen molar-refractivity contribution in [3.8, 4) is 5.75 Å². The summed E-state index contributed by atoms with van der Waals surface area (Å²) in [5, 5.41) is 9.32. The van der Waals surface area contributed by atoms with Crippen LogP contribution in [0.1, 0.15) is 25.8 Å². The molecule has 0 amide bonds. The maximum atomic E-state index is 13.8. The van der Waals surface area contributed by atoms with Gasteiger partial charge in [-0.2, -0.15) is 0 Å². The summed E-state index contributed by atoms with van der Waals surface area (Å²) in [4.78, 5) is 1.70. The maximum absolute atomic E-state index is 13.8. The first kappa shape index (κ1) is 16.2. The van der Waals surface area contributed by atoms with Gasteiger partial charge in [0.1, 0.15) is 5.82 Å². The van der Waals surface area contributed by atoms with E-state index in [1.165, 1.54) is 0 Å². The van der Waals surface area contributed by atoms with Crippen molar-refractivity contribution in [3.05, 3.63) is 29.3 Å². The van der Waals surface area contributed by atoms with Gasteiger partial charge in [-0.1, -0.05) is 0 Å². The van der Waals surface area contributed by atoms with Gasteiger partial charge in [0, 0.05) is 25.2 Å². The van der Waals surface area contributed by atoms with E-state index in [4.69, 9.17) is 0 Å². The Hall–Kier alpha value is -1.21. The Labute approximate surface area is 123 Å². The van der Waals surface area contributed by atoms with Gasteiger partial charge in [-0.05, 0) is 32.4 Å². The molecule has 118 valence electrons. The molecule has 1 aliphatic heterocycles. The SMILES string of the molecule is CC1(C)CCN(Cc2c(F)ccc(O)c2F)CCS1(=O)=O. The molecule has 1 heterocycles. The van der Waals surface area contributed by atoms with Crippen molar-refractivity contribution >= 4 is 9.84 Å². The summed E-state index contributed by atoms with van der Waals surface area (Å²) >= 11 is 0. The average Bonchev–Trinajstić information content (AvgIpc) is 2.50. The second-order valence-corrected chi connectivity index (χ2v) is 8.71. The summed E-state index contributed by atoms with van der Waals surface area (Å²) in [6, 6.07) is 1.97. The van der Waals surface area contributed by atoms with Gasteiger partial charge in [0.15, 0.2) is 21.4 Å². The zero-order chi connectivity index (χ0) is 15.8. The number of hydrogen-bond acceptors (Lipinski definition) is 4. The lowest BCUT2D eigenvalue weighted by molar-refractivity contribution is 0.266. The van der Waals surface area contributed by atoms with E-state index in [9.17, 15) is 22.3 Å². The van der Waals surface area contributed by atoms with Crippen LogP contribution in [0, 0.1) is 11.6 Å². The molecule has 0 unspecified atom stereocenters. The van der Waals surface area contributed by atoms with Gasteiger partial charge in [-0.25, -0.2) is 17.2 Å². The fourth-order valence-corrected chi connectivity index (χ4v) is 3.79. The van der Waals surface area contributed by atoms with Crippen molar-refractivity contribution in [1.82, 2.24) is 4.90 Å². The molecule has 0 radical (unpaired) electrons. The van der Waals surface area contributed by atoms with E-state index in [0.717, 1.165) is 12.1 Å². The normalized spacial score (nSPS) is 21.9. The second-order valence-electron chi connectivity index (χ2n) is 5.96. The number of aromatic hydroxyl groups is 1. The van der Waals surface area contributed by atoms with Gasteiger partial charge < -0.3 is 5.11 Å². The van der Waals surface area contributed by atoms with Crippen molar-refractivity contribution in [2.75, 3.05) is 18.8 Å². The van der Waals surface area contributed by atoms with Gasteiger partial charge in [0.05, 0.1) is 10.5 Å². The minimum atomic E-state index is -3.23. The Morgan fingerprint density at radius 3 is 2.62 bits per heavy atom. The van der Waals surface area contributed by atoms with Crippen LogP contribution in [0.4, 0.5) is 8.78 Å². The Kier molecular flexibility index (Phi) is 4.26. The van der Waals surface area contributed by atoms with Crippen LogP contribution in [-0.2, 0) is 16.4 Å². The number of nitrogens with zero attached hydrogens (tertiary/aromatic N) is 1. The molecule has 7 heteroatoms. The molecular formula is C14H19F2NO3S. The van der Waals surface area contributed by atoms with Crippen molar-refractivity contribution < 1.29 is 22.3 Å². The lowest BCUT2D eigenvalue weighted by atomic mass is 10.1. The first-order chi connectivity index (χ1) is 9.64. The van der Waals surface area contributed by atoms with Gasteiger partial charge in [0.2, 0.25) is 0 Å². The Morgan fingerprint density at radius 2 is 1.95 bits per heavy atom. The smallest absolute Gasteiger partial charge is 0.172 e. The molecule has 0 bridgehead atoms. The fraction of sp³-hybridized carbons (Fsp3) is 0.571. The highest BCUT2D eigenvalue weighted by Gasteiger charge is 2.37. The summed E-state index contributed by atoms with van der Waals surface area (Å²) in [5.41, 5.74) is -0.230. The van der Waals surface area contributed by atoms with Crippen LogP contribution in [0.2, 0.25) is 0 Å². The lowest BCUT2D eigenvalue weighted by Crippen LogP contribution is -2.33. The Bertz CT molecular complexity index is 644. The Balaban J connectivity index is 2.21. The predicted octanol–water partition coefficient (Wildman–Crippen LogP) is 2.07. The van der Waals surface area contributed by atoms with Crippen LogP contribution < -0.4 is 0 Å². The number of phenolic OH excluding ortho intramolecular Hbond substituents is 1. The summed E-state index contributed by atoms with van der Waals surface area (Å²) in [6.07, 6.45) is 0.400. The highest BCUT2D eigenvalue weighted by Crippen LogP contribution is 2.28. The Morgan fingerprint density at radius 1 is 1.29 bits per heavy atom. The topological polar surface area (TPSA) is 57.6 Å². The molecule has 1 aromatic rings. The third-order valence-corrected chi connectivity index (χ3v) is 6.70. The average molecular weight is 319 g/mol. The van der Waals surface area contributed by atoms with E-state index in [1.807, 2.05) is 0 Å². The van der Waals surface area contributed by atoms with Crippen LogP contribution in [0.15, 0.2) is 12.1 Å². The van der Waals surface area contributed by atoms with Crippen LogP contribution in [0.5, 0.6) is 5.75 Å².